The Morgan fingerprint density at radius 2 is 1.94 bits per heavy atom. The summed E-state index contributed by atoms with van der Waals surface area (Å²) in [6.07, 6.45) is -2.50. The van der Waals surface area contributed by atoms with Crippen LogP contribution in [0, 0.1) is 0 Å². The quantitative estimate of drug-likeness (QED) is 0.690. The van der Waals surface area contributed by atoms with E-state index in [0.717, 1.165) is 6.20 Å². The SMILES string of the molecule is O=C(NNC(=O)C(F)(F)F)c1cccnc1. The van der Waals surface area contributed by atoms with Crippen molar-refractivity contribution in [2.24, 2.45) is 0 Å². The zero-order valence-electron chi connectivity index (χ0n) is 7.71. The van der Waals surface area contributed by atoms with Crippen LogP contribution in [0.4, 0.5) is 13.2 Å². The van der Waals surface area contributed by atoms with Crippen LogP contribution in [0.1, 0.15) is 10.4 Å². The molecule has 86 valence electrons. The second-order valence-electron chi connectivity index (χ2n) is 2.65. The Kier molecular flexibility index (Phi) is 3.44. The lowest BCUT2D eigenvalue weighted by atomic mass is 10.3. The zero-order chi connectivity index (χ0) is 12.2. The van der Waals surface area contributed by atoms with Crippen LogP contribution in [0.2, 0.25) is 0 Å². The number of carbonyl (C=O) groups excluding carboxylic acids is 2. The van der Waals surface area contributed by atoms with Gasteiger partial charge in [-0.3, -0.25) is 25.4 Å². The van der Waals surface area contributed by atoms with Gasteiger partial charge < -0.3 is 0 Å². The molecule has 0 fully saturated rings. The highest BCUT2D eigenvalue weighted by atomic mass is 19.4. The number of carbonyl (C=O) groups is 2. The van der Waals surface area contributed by atoms with Crippen LogP contribution in [-0.2, 0) is 4.79 Å². The van der Waals surface area contributed by atoms with Crippen molar-refractivity contribution >= 4 is 11.8 Å². The maximum absolute atomic E-state index is 11.7. The van der Waals surface area contributed by atoms with Crippen LogP contribution in [0.5, 0.6) is 0 Å². The summed E-state index contributed by atoms with van der Waals surface area (Å²) in [5.74, 6) is -3.13. The predicted octanol–water partition coefficient (Wildman–Crippen LogP) is 0.405. The molecule has 0 aromatic carbocycles. The van der Waals surface area contributed by atoms with Crippen LogP contribution < -0.4 is 10.9 Å². The van der Waals surface area contributed by atoms with Gasteiger partial charge in [0, 0.05) is 12.4 Å². The van der Waals surface area contributed by atoms with Gasteiger partial charge in [0.1, 0.15) is 0 Å². The van der Waals surface area contributed by atoms with Gasteiger partial charge in [0.2, 0.25) is 0 Å². The molecule has 5 nitrogen and oxygen atoms in total. The van der Waals surface area contributed by atoms with E-state index in [1.54, 1.807) is 5.43 Å². The molecule has 1 aromatic rings. The summed E-state index contributed by atoms with van der Waals surface area (Å²) < 4.78 is 35.2. The first-order valence-electron chi connectivity index (χ1n) is 3.99. The number of alkyl halides is 3. The van der Waals surface area contributed by atoms with Crippen LogP contribution in [0.3, 0.4) is 0 Å². The Hall–Kier alpha value is -2.12. The van der Waals surface area contributed by atoms with Crippen LogP contribution in [-0.4, -0.2) is 23.0 Å². The van der Waals surface area contributed by atoms with Gasteiger partial charge >= 0.3 is 12.1 Å². The lowest BCUT2D eigenvalue weighted by Gasteiger charge is -2.08. The second kappa shape index (κ2) is 4.60. The number of amides is 2. The minimum atomic E-state index is -5.04. The first-order valence-corrected chi connectivity index (χ1v) is 3.99. The Balaban J connectivity index is 2.52. The molecule has 1 aromatic heterocycles. The minimum absolute atomic E-state index is 0.0324. The standard InChI is InChI=1S/C8H6F3N3O2/c9-8(10,11)7(16)14-13-6(15)5-2-1-3-12-4-5/h1-4H,(H,13,15)(H,14,16). The summed E-state index contributed by atoms with van der Waals surface area (Å²) in [5.41, 5.74) is 2.87. The third-order valence-corrected chi connectivity index (χ3v) is 1.47. The lowest BCUT2D eigenvalue weighted by molar-refractivity contribution is -0.174. The molecule has 16 heavy (non-hydrogen) atoms. The van der Waals surface area contributed by atoms with Crippen molar-refractivity contribution in [3.8, 4) is 0 Å². The summed E-state index contributed by atoms with van der Waals surface area (Å²) >= 11 is 0. The van der Waals surface area contributed by atoms with Crippen molar-refractivity contribution in [3.63, 3.8) is 0 Å². The van der Waals surface area contributed by atoms with E-state index in [0.29, 0.717) is 0 Å². The van der Waals surface area contributed by atoms with Crippen LogP contribution in [0.15, 0.2) is 24.5 Å². The average molecular weight is 233 g/mol. The largest absolute Gasteiger partial charge is 0.472 e. The minimum Gasteiger partial charge on any atom is -0.267 e. The van der Waals surface area contributed by atoms with Crippen LogP contribution >= 0.6 is 0 Å². The van der Waals surface area contributed by atoms with Crippen molar-refractivity contribution in [2.75, 3.05) is 0 Å². The summed E-state index contributed by atoms with van der Waals surface area (Å²) in [4.78, 5) is 25.1. The molecule has 0 spiro atoms. The Morgan fingerprint density at radius 3 is 2.44 bits per heavy atom. The van der Waals surface area contributed by atoms with E-state index in [-0.39, 0.29) is 5.56 Å². The molecule has 8 heteroatoms. The molecule has 0 bridgehead atoms. The van der Waals surface area contributed by atoms with E-state index < -0.39 is 18.0 Å². The van der Waals surface area contributed by atoms with E-state index in [2.05, 4.69) is 4.98 Å². The molecule has 0 aliphatic carbocycles. The van der Waals surface area contributed by atoms with Crippen molar-refractivity contribution in [2.45, 2.75) is 6.18 Å². The van der Waals surface area contributed by atoms with Gasteiger partial charge in [0.05, 0.1) is 5.56 Å². The van der Waals surface area contributed by atoms with Crippen molar-refractivity contribution in [1.82, 2.24) is 15.8 Å². The Morgan fingerprint density at radius 1 is 1.25 bits per heavy atom. The molecule has 0 saturated heterocycles. The number of hydrogen-bond donors (Lipinski definition) is 2. The average Bonchev–Trinajstić information content (AvgIpc) is 2.25. The maximum atomic E-state index is 11.7. The normalized spacial score (nSPS) is 10.7. The number of aromatic nitrogens is 1. The fourth-order valence-electron chi connectivity index (χ4n) is 0.754. The predicted molar refractivity (Wildman–Crippen MR) is 45.9 cm³/mol. The Labute approximate surface area is 87.6 Å². The number of halogens is 3. The monoisotopic (exact) mass is 233 g/mol. The Bertz CT molecular complexity index is 391. The first kappa shape index (κ1) is 12.0. The molecule has 0 aliphatic rings. The smallest absolute Gasteiger partial charge is 0.267 e. The summed E-state index contributed by atoms with van der Waals surface area (Å²) in [5, 5.41) is 0. The highest BCUT2D eigenvalue weighted by molar-refractivity contribution is 5.95. The van der Waals surface area contributed by atoms with E-state index >= 15 is 0 Å². The summed E-state index contributed by atoms with van der Waals surface area (Å²) in [6.45, 7) is 0. The van der Waals surface area contributed by atoms with Gasteiger partial charge in [-0.05, 0) is 12.1 Å². The number of pyridine rings is 1. The van der Waals surface area contributed by atoms with Crippen LogP contribution in [0.25, 0.3) is 0 Å². The second-order valence-corrected chi connectivity index (χ2v) is 2.65. The first-order chi connectivity index (χ1) is 7.41. The van der Waals surface area contributed by atoms with Gasteiger partial charge in [0.15, 0.2) is 0 Å². The number of hydrogen-bond acceptors (Lipinski definition) is 3. The molecular weight excluding hydrogens is 227 g/mol. The maximum Gasteiger partial charge on any atom is 0.472 e. The van der Waals surface area contributed by atoms with Gasteiger partial charge in [-0.2, -0.15) is 13.2 Å². The molecule has 0 unspecified atom stereocenters. The van der Waals surface area contributed by atoms with Gasteiger partial charge in [-0.15, -0.1) is 0 Å². The van der Waals surface area contributed by atoms with E-state index in [4.69, 9.17) is 0 Å². The third kappa shape index (κ3) is 3.23. The highest BCUT2D eigenvalue weighted by Gasteiger charge is 2.38. The fourth-order valence-corrected chi connectivity index (χ4v) is 0.754. The molecular formula is C8H6F3N3O2. The number of nitrogens with one attached hydrogen (secondary N) is 2. The molecule has 2 amide bonds. The summed E-state index contributed by atoms with van der Waals surface area (Å²) in [7, 11) is 0. The van der Waals surface area contributed by atoms with Gasteiger partial charge in [-0.25, -0.2) is 0 Å². The highest BCUT2D eigenvalue weighted by Crippen LogP contribution is 2.13. The van der Waals surface area contributed by atoms with E-state index in [9.17, 15) is 22.8 Å². The molecule has 0 saturated carbocycles. The number of hydrazine groups is 1. The van der Waals surface area contributed by atoms with Crippen molar-refractivity contribution < 1.29 is 22.8 Å². The zero-order valence-corrected chi connectivity index (χ0v) is 7.71. The molecule has 0 aliphatic heterocycles. The van der Waals surface area contributed by atoms with Gasteiger partial charge in [0.25, 0.3) is 5.91 Å². The van der Waals surface area contributed by atoms with Crippen molar-refractivity contribution in [1.29, 1.82) is 0 Å². The summed E-state index contributed by atoms with van der Waals surface area (Å²) in [6, 6.07) is 2.77. The molecule has 2 N–H and O–H groups in total. The fraction of sp³-hybridized carbons (Fsp3) is 0.125. The third-order valence-electron chi connectivity index (χ3n) is 1.47. The molecule has 0 atom stereocenters. The molecule has 0 radical (unpaired) electrons. The molecule has 1 heterocycles. The van der Waals surface area contributed by atoms with E-state index in [1.807, 2.05) is 0 Å². The lowest BCUT2D eigenvalue weighted by Crippen LogP contribution is -2.47. The van der Waals surface area contributed by atoms with Crippen molar-refractivity contribution in [3.05, 3.63) is 30.1 Å². The topological polar surface area (TPSA) is 71.1 Å². The number of rotatable bonds is 1. The molecule has 1 rings (SSSR count). The van der Waals surface area contributed by atoms with Gasteiger partial charge in [-0.1, -0.05) is 0 Å². The van der Waals surface area contributed by atoms with E-state index in [1.165, 1.54) is 23.8 Å². The number of nitrogens with zero attached hydrogens (tertiary/aromatic N) is 1.